The highest BCUT2D eigenvalue weighted by molar-refractivity contribution is 8.02. The number of anilines is 1. The summed E-state index contributed by atoms with van der Waals surface area (Å²) < 4.78 is 4.76. The Hall–Kier alpha value is -2.29. The lowest BCUT2D eigenvalue weighted by atomic mass is 9.78. The van der Waals surface area contributed by atoms with Crippen LogP contribution in [0.3, 0.4) is 0 Å². The summed E-state index contributed by atoms with van der Waals surface area (Å²) in [5.41, 5.74) is 0.707. The van der Waals surface area contributed by atoms with Gasteiger partial charge in [0.1, 0.15) is 6.04 Å². The Balaban J connectivity index is 1.58. The molecule has 1 spiro atoms. The fourth-order valence-electron chi connectivity index (χ4n) is 5.90. The number of nitrogens with zero attached hydrogens (tertiary/aromatic N) is 2. The molecule has 1 aromatic rings. The number of fused-ring (bicyclic) bond motifs is 2. The largest absolute Gasteiger partial charge is 0.465 e. The van der Waals surface area contributed by atoms with Crippen molar-refractivity contribution in [2.24, 2.45) is 11.8 Å². The molecule has 0 radical (unpaired) electrons. The summed E-state index contributed by atoms with van der Waals surface area (Å²) in [6.45, 7) is 1.07. The number of unbranched alkanes of at least 4 members (excludes halogenated alkanes) is 1. The van der Waals surface area contributed by atoms with Crippen LogP contribution in [0.4, 0.5) is 5.69 Å². The van der Waals surface area contributed by atoms with E-state index in [1.807, 2.05) is 18.2 Å². The Bertz CT molecular complexity index is 1080. The fraction of sp³-hybridized carbons (Fsp3) is 0.519. The molecule has 0 aromatic heterocycles. The third-order valence-electron chi connectivity index (χ3n) is 7.55. The molecular weight excluding hydrogens is 500 g/mol. The van der Waals surface area contributed by atoms with Crippen molar-refractivity contribution in [1.29, 1.82) is 0 Å². The first-order valence-electron chi connectivity index (χ1n) is 12.6. The van der Waals surface area contributed by atoms with E-state index in [9.17, 15) is 19.5 Å². The molecule has 4 aliphatic rings. The van der Waals surface area contributed by atoms with Crippen molar-refractivity contribution >= 4 is 46.8 Å². The molecule has 0 bridgehead atoms. The zero-order chi connectivity index (χ0) is 25.3. The van der Waals surface area contributed by atoms with E-state index in [0.29, 0.717) is 43.2 Å². The number of aliphatic hydroxyl groups excluding tert-OH is 1. The molecule has 5 rings (SSSR count). The van der Waals surface area contributed by atoms with Gasteiger partial charge in [-0.3, -0.25) is 14.4 Å². The summed E-state index contributed by atoms with van der Waals surface area (Å²) in [6.07, 6.45) is 11.8. The number of cyclic esters (lactones) is 1. The molecule has 4 aliphatic heterocycles. The highest BCUT2D eigenvalue weighted by Gasteiger charge is 2.70. The van der Waals surface area contributed by atoms with E-state index in [1.54, 1.807) is 45.8 Å². The minimum absolute atomic E-state index is 0.0165. The average molecular weight is 531 g/mol. The maximum Gasteiger partial charge on any atom is 0.311 e. The lowest BCUT2D eigenvalue weighted by Crippen LogP contribution is -2.53. The number of thioether (sulfide) groups is 1. The molecule has 1 unspecified atom stereocenters. The number of benzene rings is 1. The Kier molecular flexibility index (Phi) is 7.47. The predicted molar refractivity (Wildman–Crippen MR) is 140 cm³/mol. The van der Waals surface area contributed by atoms with Gasteiger partial charge in [-0.2, -0.15) is 0 Å². The maximum atomic E-state index is 14.2. The van der Waals surface area contributed by atoms with E-state index >= 15 is 0 Å². The number of amides is 2. The van der Waals surface area contributed by atoms with E-state index in [4.69, 9.17) is 16.3 Å². The topological polar surface area (TPSA) is 87.2 Å². The number of carbonyl (C=O) groups excluding carboxylic acids is 3. The molecule has 2 saturated heterocycles. The monoisotopic (exact) mass is 530 g/mol. The van der Waals surface area contributed by atoms with Gasteiger partial charge in [0.15, 0.2) is 0 Å². The second-order valence-electron chi connectivity index (χ2n) is 9.72. The van der Waals surface area contributed by atoms with Crippen molar-refractivity contribution < 1.29 is 24.2 Å². The molecule has 0 saturated carbocycles. The number of likely N-dealkylation sites (tertiary alicyclic amines) is 1. The van der Waals surface area contributed by atoms with Crippen LogP contribution in [0.2, 0.25) is 5.02 Å². The van der Waals surface area contributed by atoms with Gasteiger partial charge < -0.3 is 19.6 Å². The van der Waals surface area contributed by atoms with Crippen LogP contribution in [0.1, 0.15) is 32.1 Å². The van der Waals surface area contributed by atoms with E-state index in [2.05, 4.69) is 6.08 Å². The third-order valence-corrected chi connectivity index (χ3v) is 9.54. The number of esters is 1. The van der Waals surface area contributed by atoms with Gasteiger partial charge in [-0.15, -0.1) is 11.8 Å². The van der Waals surface area contributed by atoms with Gasteiger partial charge in [-0.25, -0.2) is 0 Å². The second kappa shape index (κ2) is 10.6. The smallest absolute Gasteiger partial charge is 0.311 e. The first-order chi connectivity index (χ1) is 17.5. The van der Waals surface area contributed by atoms with Crippen LogP contribution >= 0.6 is 23.4 Å². The van der Waals surface area contributed by atoms with Crippen molar-refractivity contribution in [2.75, 3.05) is 31.2 Å². The SMILES string of the molecule is O=C1OCCCC/C=C\[C@@H]2S[C@]34C=CCN(c5ccc(Cl)cc5)C(=O)C3N(CCCCO)C(=O)[C@@H]4[C@H]12. The molecule has 1 N–H and O–H groups in total. The molecule has 7 nitrogen and oxygen atoms in total. The van der Waals surface area contributed by atoms with E-state index < -0.39 is 22.6 Å². The number of ether oxygens (including phenoxy) is 1. The molecule has 0 aliphatic carbocycles. The summed E-state index contributed by atoms with van der Waals surface area (Å²) in [5.74, 6) is -2.05. The number of rotatable bonds is 5. The highest BCUT2D eigenvalue weighted by atomic mass is 35.5. The molecule has 9 heteroatoms. The van der Waals surface area contributed by atoms with Crippen molar-refractivity contribution in [2.45, 2.75) is 48.1 Å². The van der Waals surface area contributed by atoms with Crippen molar-refractivity contribution in [3.8, 4) is 0 Å². The van der Waals surface area contributed by atoms with Crippen LogP contribution in [0.5, 0.6) is 0 Å². The van der Waals surface area contributed by atoms with Crippen molar-refractivity contribution in [1.82, 2.24) is 4.90 Å². The Morgan fingerprint density at radius 3 is 2.67 bits per heavy atom. The lowest BCUT2D eigenvalue weighted by molar-refractivity contribution is -0.153. The van der Waals surface area contributed by atoms with Gasteiger partial charge in [-0.05, 0) is 56.4 Å². The molecule has 1 aromatic carbocycles. The minimum atomic E-state index is -0.874. The molecule has 192 valence electrons. The molecule has 36 heavy (non-hydrogen) atoms. The number of aliphatic hydroxyl groups is 1. The number of halogens is 1. The molecule has 5 atom stereocenters. The fourth-order valence-corrected chi connectivity index (χ4v) is 8.03. The number of hydrogen-bond donors (Lipinski definition) is 1. The zero-order valence-corrected chi connectivity index (χ0v) is 21.6. The summed E-state index contributed by atoms with van der Waals surface area (Å²) in [4.78, 5) is 44.9. The van der Waals surface area contributed by atoms with Gasteiger partial charge in [0.2, 0.25) is 5.91 Å². The summed E-state index contributed by atoms with van der Waals surface area (Å²) in [7, 11) is 0. The molecule has 2 amide bonds. The molecule has 2 fully saturated rings. The number of hydrogen-bond acceptors (Lipinski definition) is 6. The normalized spacial score (nSPS) is 33.0. The van der Waals surface area contributed by atoms with Crippen molar-refractivity contribution in [3.63, 3.8) is 0 Å². The van der Waals surface area contributed by atoms with Gasteiger partial charge in [0.25, 0.3) is 5.91 Å². The first kappa shape index (κ1) is 25.4. The summed E-state index contributed by atoms with van der Waals surface area (Å²) >= 11 is 7.63. The second-order valence-corrected chi connectivity index (χ2v) is 11.6. The van der Waals surface area contributed by atoms with Crippen LogP contribution in [-0.4, -0.2) is 70.1 Å². The van der Waals surface area contributed by atoms with Gasteiger partial charge >= 0.3 is 5.97 Å². The standard InChI is InChI=1S/C27H31ClN2O5S/c28-18-9-11-19(12-10-18)29-15-7-13-27-22(24(32)30(14-4-5-16-31)23(27)25(29)33)21-20(36-27)8-3-1-2-6-17-35-26(21)34/h3,7-13,20-23,31H,1-2,4-6,14-17H2/b8-3-/t20-,21+,22-,23?,27-/m0/s1. The van der Waals surface area contributed by atoms with Crippen LogP contribution in [0.25, 0.3) is 0 Å². The summed E-state index contributed by atoms with van der Waals surface area (Å²) in [6, 6.07) is 6.34. The quantitative estimate of drug-likeness (QED) is 0.355. The minimum Gasteiger partial charge on any atom is -0.465 e. The third kappa shape index (κ3) is 4.37. The Labute approximate surface area is 220 Å². The van der Waals surface area contributed by atoms with E-state index in [0.717, 1.165) is 19.3 Å². The van der Waals surface area contributed by atoms with E-state index in [1.165, 1.54) is 0 Å². The number of carbonyl (C=O) groups is 3. The lowest BCUT2D eigenvalue weighted by Gasteiger charge is -2.35. The Morgan fingerprint density at radius 1 is 1.08 bits per heavy atom. The van der Waals surface area contributed by atoms with Crippen LogP contribution < -0.4 is 4.90 Å². The summed E-state index contributed by atoms with van der Waals surface area (Å²) in [5, 5.41) is 9.67. The van der Waals surface area contributed by atoms with Crippen LogP contribution in [0, 0.1) is 11.8 Å². The molecular formula is C27H31ClN2O5S. The molecule has 4 heterocycles. The van der Waals surface area contributed by atoms with Crippen molar-refractivity contribution in [3.05, 3.63) is 53.6 Å². The zero-order valence-electron chi connectivity index (χ0n) is 20.1. The van der Waals surface area contributed by atoms with Crippen LogP contribution in [0.15, 0.2) is 48.6 Å². The Morgan fingerprint density at radius 2 is 1.89 bits per heavy atom. The van der Waals surface area contributed by atoms with Gasteiger partial charge in [0.05, 0.1) is 23.2 Å². The first-order valence-corrected chi connectivity index (χ1v) is 13.9. The number of allylic oxidation sites excluding steroid dienone is 1. The van der Waals surface area contributed by atoms with E-state index in [-0.39, 0.29) is 29.6 Å². The maximum absolute atomic E-state index is 14.2. The van der Waals surface area contributed by atoms with Gasteiger partial charge in [0, 0.05) is 35.7 Å². The average Bonchev–Trinajstić information content (AvgIpc) is 3.25. The highest BCUT2D eigenvalue weighted by Crippen LogP contribution is 2.60. The van der Waals surface area contributed by atoms with Gasteiger partial charge in [-0.1, -0.05) is 35.9 Å². The predicted octanol–water partition coefficient (Wildman–Crippen LogP) is 3.60. The van der Waals surface area contributed by atoms with Crippen LogP contribution in [-0.2, 0) is 19.1 Å².